The Morgan fingerprint density at radius 3 is 2.75 bits per heavy atom. The second kappa shape index (κ2) is 8.14. The van der Waals surface area contributed by atoms with E-state index in [9.17, 15) is 9.59 Å². The van der Waals surface area contributed by atoms with Crippen LogP contribution in [-0.4, -0.2) is 46.3 Å². The maximum Gasteiger partial charge on any atom is 0.325 e. The van der Waals surface area contributed by atoms with Crippen molar-refractivity contribution in [3.63, 3.8) is 0 Å². The zero-order valence-electron chi connectivity index (χ0n) is 12.2. The van der Waals surface area contributed by atoms with Crippen molar-refractivity contribution in [2.45, 2.75) is 20.3 Å². The van der Waals surface area contributed by atoms with E-state index in [0.717, 1.165) is 12.0 Å². The Kier molecular flexibility index (Phi) is 6.49. The van der Waals surface area contributed by atoms with Gasteiger partial charge in [-0.1, -0.05) is 6.92 Å². The lowest BCUT2D eigenvalue weighted by Gasteiger charge is -2.19. The smallest absolute Gasteiger partial charge is 0.325 e. The first-order chi connectivity index (χ1) is 9.56. The molecule has 0 aliphatic rings. The van der Waals surface area contributed by atoms with Crippen molar-refractivity contribution in [1.82, 2.24) is 14.7 Å². The highest BCUT2D eigenvalue weighted by Gasteiger charge is 2.14. The van der Waals surface area contributed by atoms with Crippen LogP contribution in [0.1, 0.15) is 25.8 Å². The predicted octanol–water partition coefficient (Wildman–Crippen LogP) is 1.23. The fourth-order valence-electron chi connectivity index (χ4n) is 1.70. The van der Waals surface area contributed by atoms with Crippen LogP contribution in [0.5, 0.6) is 0 Å². The summed E-state index contributed by atoms with van der Waals surface area (Å²) in [4.78, 5) is 25.0. The van der Waals surface area contributed by atoms with E-state index in [0.29, 0.717) is 13.2 Å². The third-order valence-electron chi connectivity index (χ3n) is 2.57. The number of esters is 1. The maximum atomic E-state index is 12.1. The first-order valence-corrected chi connectivity index (χ1v) is 6.68. The summed E-state index contributed by atoms with van der Waals surface area (Å²) in [6, 6.07) is 0. The van der Waals surface area contributed by atoms with Crippen LogP contribution >= 0.6 is 0 Å². The normalized spacial score (nSPS) is 10.8. The number of amides is 1. The molecule has 0 aromatic carbocycles. The molecule has 0 saturated heterocycles. The van der Waals surface area contributed by atoms with Gasteiger partial charge >= 0.3 is 5.97 Å². The largest absolute Gasteiger partial charge is 0.465 e. The number of aryl methyl sites for hydroxylation is 1. The summed E-state index contributed by atoms with van der Waals surface area (Å²) < 4.78 is 6.52. The minimum atomic E-state index is -0.385. The van der Waals surface area contributed by atoms with Gasteiger partial charge in [0.05, 0.1) is 12.8 Å². The third-order valence-corrected chi connectivity index (χ3v) is 2.57. The van der Waals surface area contributed by atoms with Crippen molar-refractivity contribution in [2.75, 3.05) is 19.7 Å². The molecule has 1 aromatic rings. The molecule has 1 aromatic heterocycles. The van der Waals surface area contributed by atoms with Crippen molar-refractivity contribution in [1.29, 1.82) is 0 Å². The molecule has 0 N–H and O–H groups in total. The second-order valence-corrected chi connectivity index (χ2v) is 4.35. The number of nitrogens with zero attached hydrogens (tertiary/aromatic N) is 3. The molecular formula is C14H21N3O3. The number of hydrogen-bond acceptors (Lipinski definition) is 4. The summed E-state index contributed by atoms with van der Waals surface area (Å²) in [6.07, 6.45) is 7.39. The van der Waals surface area contributed by atoms with Crippen LogP contribution in [0.4, 0.5) is 0 Å². The lowest BCUT2D eigenvalue weighted by atomic mass is 10.3. The van der Waals surface area contributed by atoms with E-state index in [1.807, 2.05) is 14.0 Å². The molecule has 110 valence electrons. The summed E-state index contributed by atoms with van der Waals surface area (Å²) >= 11 is 0. The monoisotopic (exact) mass is 279 g/mol. The van der Waals surface area contributed by atoms with Gasteiger partial charge in [-0.25, -0.2) is 0 Å². The average Bonchev–Trinajstić information content (AvgIpc) is 2.81. The zero-order chi connectivity index (χ0) is 15.0. The summed E-state index contributed by atoms with van der Waals surface area (Å²) in [5, 5.41) is 4.01. The Morgan fingerprint density at radius 2 is 2.20 bits per heavy atom. The van der Waals surface area contributed by atoms with Crippen molar-refractivity contribution in [3.8, 4) is 0 Å². The topological polar surface area (TPSA) is 64.4 Å². The van der Waals surface area contributed by atoms with Crippen LogP contribution in [0.15, 0.2) is 18.5 Å². The molecule has 0 radical (unpaired) electrons. The van der Waals surface area contributed by atoms with Gasteiger partial charge in [0.2, 0.25) is 5.91 Å². The Bertz CT molecular complexity index is 480. The Morgan fingerprint density at radius 1 is 1.45 bits per heavy atom. The van der Waals surface area contributed by atoms with Crippen molar-refractivity contribution >= 4 is 18.0 Å². The summed E-state index contributed by atoms with van der Waals surface area (Å²) in [7, 11) is 1.81. The van der Waals surface area contributed by atoms with Crippen LogP contribution < -0.4 is 0 Å². The number of aromatic nitrogens is 2. The molecule has 0 aliphatic heterocycles. The number of ether oxygens (including phenoxy) is 1. The van der Waals surface area contributed by atoms with E-state index >= 15 is 0 Å². The van der Waals surface area contributed by atoms with Gasteiger partial charge in [0.1, 0.15) is 6.54 Å². The van der Waals surface area contributed by atoms with E-state index in [4.69, 9.17) is 4.74 Å². The van der Waals surface area contributed by atoms with E-state index in [1.54, 1.807) is 30.1 Å². The van der Waals surface area contributed by atoms with Crippen LogP contribution in [0.3, 0.4) is 0 Å². The van der Waals surface area contributed by atoms with Crippen molar-refractivity contribution in [3.05, 3.63) is 24.0 Å². The average molecular weight is 279 g/mol. The molecule has 0 unspecified atom stereocenters. The molecule has 1 amide bonds. The highest BCUT2D eigenvalue weighted by Crippen LogP contribution is 2.02. The molecule has 0 aliphatic carbocycles. The van der Waals surface area contributed by atoms with E-state index in [1.165, 1.54) is 11.0 Å². The predicted molar refractivity (Wildman–Crippen MR) is 75.7 cm³/mol. The lowest BCUT2D eigenvalue weighted by Crippen LogP contribution is -2.36. The summed E-state index contributed by atoms with van der Waals surface area (Å²) in [6.45, 7) is 4.52. The van der Waals surface area contributed by atoms with E-state index in [2.05, 4.69) is 5.10 Å². The minimum absolute atomic E-state index is 0.0160. The molecule has 0 saturated carbocycles. The van der Waals surface area contributed by atoms with E-state index in [-0.39, 0.29) is 18.4 Å². The molecule has 0 atom stereocenters. The SMILES string of the molecule is CCCN(CC(=O)OCC)C(=O)/C=C/c1cnn(C)c1. The highest BCUT2D eigenvalue weighted by atomic mass is 16.5. The fraction of sp³-hybridized carbons (Fsp3) is 0.500. The fourth-order valence-corrected chi connectivity index (χ4v) is 1.70. The van der Waals surface area contributed by atoms with Gasteiger partial charge in [0.25, 0.3) is 0 Å². The maximum absolute atomic E-state index is 12.1. The lowest BCUT2D eigenvalue weighted by molar-refractivity contribution is -0.147. The van der Waals surface area contributed by atoms with Gasteiger partial charge < -0.3 is 9.64 Å². The summed E-state index contributed by atoms with van der Waals surface area (Å²) in [5.74, 6) is -0.590. The van der Waals surface area contributed by atoms with E-state index < -0.39 is 0 Å². The molecule has 20 heavy (non-hydrogen) atoms. The van der Waals surface area contributed by atoms with Crippen molar-refractivity contribution < 1.29 is 14.3 Å². The van der Waals surface area contributed by atoms with Gasteiger partial charge in [0.15, 0.2) is 0 Å². The quantitative estimate of drug-likeness (QED) is 0.556. The van der Waals surface area contributed by atoms with Crippen LogP contribution in [0, 0.1) is 0 Å². The minimum Gasteiger partial charge on any atom is -0.465 e. The van der Waals surface area contributed by atoms with Crippen LogP contribution in [0.25, 0.3) is 6.08 Å². The number of carbonyl (C=O) groups excluding carboxylic acids is 2. The number of carbonyl (C=O) groups is 2. The molecule has 1 rings (SSSR count). The molecule has 0 bridgehead atoms. The van der Waals surface area contributed by atoms with Gasteiger partial charge in [-0.3, -0.25) is 14.3 Å². The van der Waals surface area contributed by atoms with Gasteiger partial charge in [-0.2, -0.15) is 5.10 Å². The van der Waals surface area contributed by atoms with Crippen LogP contribution in [-0.2, 0) is 21.4 Å². The number of rotatable bonds is 7. The zero-order valence-corrected chi connectivity index (χ0v) is 12.2. The standard InChI is InChI=1S/C14H21N3O3/c1-4-8-17(11-14(19)20-5-2)13(18)7-6-12-9-15-16(3)10-12/h6-7,9-10H,4-5,8,11H2,1-3H3/b7-6+. The van der Waals surface area contributed by atoms with Gasteiger partial charge in [0, 0.05) is 31.4 Å². The molecule has 1 heterocycles. The first kappa shape index (κ1) is 15.9. The van der Waals surface area contributed by atoms with Crippen LogP contribution in [0.2, 0.25) is 0 Å². The first-order valence-electron chi connectivity index (χ1n) is 6.68. The molecule has 0 fully saturated rings. The second-order valence-electron chi connectivity index (χ2n) is 4.35. The summed E-state index contributed by atoms with van der Waals surface area (Å²) in [5.41, 5.74) is 0.841. The Hall–Kier alpha value is -2.11. The molecule has 6 heteroatoms. The Labute approximate surface area is 119 Å². The third kappa shape index (κ3) is 5.26. The molecule has 0 spiro atoms. The Balaban J connectivity index is 2.63. The highest BCUT2D eigenvalue weighted by molar-refractivity contribution is 5.93. The molecular weight excluding hydrogens is 258 g/mol. The number of hydrogen-bond donors (Lipinski definition) is 0. The van der Waals surface area contributed by atoms with Crippen molar-refractivity contribution in [2.24, 2.45) is 7.05 Å². The molecule has 6 nitrogen and oxygen atoms in total. The van der Waals surface area contributed by atoms with Gasteiger partial charge in [-0.05, 0) is 19.4 Å². The van der Waals surface area contributed by atoms with Gasteiger partial charge in [-0.15, -0.1) is 0 Å².